The van der Waals surface area contributed by atoms with Gasteiger partial charge in [0.05, 0.1) is 9.82 Å². The summed E-state index contributed by atoms with van der Waals surface area (Å²) in [6.07, 6.45) is 3.80. The molecule has 1 heterocycles. The summed E-state index contributed by atoms with van der Waals surface area (Å²) in [5, 5.41) is 17.1. The second-order valence-corrected chi connectivity index (χ2v) is 8.25. The third-order valence-electron chi connectivity index (χ3n) is 4.44. The molecule has 1 saturated heterocycles. The van der Waals surface area contributed by atoms with E-state index in [0.717, 1.165) is 32.2 Å². The first-order chi connectivity index (χ1) is 13.4. The number of hydrogen-bond donors (Lipinski definition) is 3. The zero-order valence-electron chi connectivity index (χ0n) is 16.1. The Morgan fingerprint density at radius 1 is 1.18 bits per heavy atom. The van der Waals surface area contributed by atoms with Crippen LogP contribution in [0.3, 0.4) is 0 Å². The fourth-order valence-corrected chi connectivity index (χ4v) is 4.02. The molecule has 11 heteroatoms. The highest BCUT2D eigenvalue weighted by molar-refractivity contribution is 7.89. The Morgan fingerprint density at radius 3 is 2.57 bits per heavy atom. The Kier molecular flexibility index (Phi) is 8.61. The Morgan fingerprint density at radius 2 is 1.89 bits per heavy atom. The van der Waals surface area contributed by atoms with Crippen LogP contribution in [0.4, 0.5) is 5.69 Å². The maximum atomic E-state index is 12.3. The molecule has 0 spiro atoms. The maximum absolute atomic E-state index is 12.3. The van der Waals surface area contributed by atoms with E-state index in [4.69, 9.17) is 0 Å². The van der Waals surface area contributed by atoms with E-state index in [0.29, 0.717) is 12.5 Å². The van der Waals surface area contributed by atoms with Crippen LogP contribution in [0.1, 0.15) is 19.3 Å². The van der Waals surface area contributed by atoms with E-state index >= 15 is 0 Å². The third-order valence-corrected chi connectivity index (χ3v) is 5.90. The molecule has 10 nitrogen and oxygen atoms in total. The second-order valence-electron chi connectivity index (χ2n) is 6.48. The highest BCUT2D eigenvalue weighted by Crippen LogP contribution is 2.16. The van der Waals surface area contributed by atoms with Crippen molar-refractivity contribution in [1.82, 2.24) is 20.3 Å². The molecule has 156 valence electrons. The highest BCUT2D eigenvalue weighted by atomic mass is 32.2. The van der Waals surface area contributed by atoms with Gasteiger partial charge in [-0.25, -0.2) is 13.1 Å². The molecule has 0 bridgehead atoms. The van der Waals surface area contributed by atoms with Gasteiger partial charge in [-0.1, -0.05) is 12.5 Å². The summed E-state index contributed by atoms with van der Waals surface area (Å²) >= 11 is 0. The average Bonchev–Trinajstić information content (AvgIpc) is 2.70. The number of hydrogen-bond acceptors (Lipinski definition) is 6. The van der Waals surface area contributed by atoms with Gasteiger partial charge in [0.2, 0.25) is 10.0 Å². The summed E-state index contributed by atoms with van der Waals surface area (Å²) < 4.78 is 26.9. The van der Waals surface area contributed by atoms with Crippen LogP contribution in [0.15, 0.2) is 34.2 Å². The highest BCUT2D eigenvalue weighted by Gasteiger charge is 2.17. The minimum atomic E-state index is -3.81. The van der Waals surface area contributed by atoms with Crippen molar-refractivity contribution in [1.29, 1.82) is 0 Å². The second kappa shape index (κ2) is 10.9. The van der Waals surface area contributed by atoms with Gasteiger partial charge >= 0.3 is 0 Å². The van der Waals surface area contributed by atoms with E-state index in [9.17, 15) is 18.5 Å². The van der Waals surface area contributed by atoms with Crippen LogP contribution in [0.2, 0.25) is 0 Å². The average molecular weight is 413 g/mol. The van der Waals surface area contributed by atoms with Gasteiger partial charge in [-0.2, -0.15) is 0 Å². The van der Waals surface area contributed by atoms with Gasteiger partial charge in [0.15, 0.2) is 5.96 Å². The molecule has 0 saturated carbocycles. The maximum Gasteiger partial charge on any atom is 0.270 e. The molecule has 0 aliphatic carbocycles. The SMILES string of the molecule is CN=C(NCCNS(=O)(=O)c1cccc([N+](=O)[O-])c1)NCCN1CCCCC1. The lowest BCUT2D eigenvalue weighted by atomic mass is 10.1. The van der Waals surface area contributed by atoms with Crippen LogP contribution < -0.4 is 15.4 Å². The lowest BCUT2D eigenvalue weighted by Crippen LogP contribution is -2.44. The topological polar surface area (TPSA) is 129 Å². The number of nitrogens with zero attached hydrogens (tertiary/aromatic N) is 3. The van der Waals surface area contributed by atoms with Crippen molar-refractivity contribution in [3.63, 3.8) is 0 Å². The van der Waals surface area contributed by atoms with E-state index in [1.807, 2.05) is 0 Å². The fraction of sp³-hybridized carbons (Fsp3) is 0.588. The smallest absolute Gasteiger partial charge is 0.270 e. The van der Waals surface area contributed by atoms with Crippen LogP contribution in [0, 0.1) is 10.1 Å². The molecule has 1 aromatic carbocycles. The lowest BCUT2D eigenvalue weighted by molar-refractivity contribution is -0.385. The van der Waals surface area contributed by atoms with Crippen LogP contribution in [-0.4, -0.2) is 70.5 Å². The van der Waals surface area contributed by atoms with Crippen LogP contribution >= 0.6 is 0 Å². The van der Waals surface area contributed by atoms with Gasteiger partial charge in [-0.05, 0) is 32.0 Å². The largest absolute Gasteiger partial charge is 0.355 e. The van der Waals surface area contributed by atoms with Crippen LogP contribution in [0.25, 0.3) is 0 Å². The molecular weight excluding hydrogens is 384 g/mol. The van der Waals surface area contributed by atoms with Crippen molar-refractivity contribution >= 4 is 21.7 Å². The Hall–Kier alpha value is -2.24. The molecule has 0 amide bonds. The number of nitro benzene ring substituents is 1. The number of likely N-dealkylation sites (tertiary alicyclic amines) is 1. The molecule has 1 aliphatic heterocycles. The first-order valence-corrected chi connectivity index (χ1v) is 10.8. The first-order valence-electron chi connectivity index (χ1n) is 9.33. The summed E-state index contributed by atoms with van der Waals surface area (Å²) in [6.45, 7) is 4.43. The summed E-state index contributed by atoms with van der Waals surface area (Å²) in [6, 6.07) is 4.96. The summed E-state index contributed by atoms with van der Waals surface area (Å²) in [5.41, 5.74) is -0.265. The number of nitro groups is 1. The molecule has 0 radical (unpaired) electrons. The molecule has 1 aliphatic rings. The summed E-state index contributed by atoms with van der Waals surface area (Å²) in [4.78, 5) is 16.6. The minimum Gasteiger partial charge on any atom is -0.355 e. The zero-order chi connectivity index (χ0) is 20.4. The third kappa shape index (κ3) is 7.06. The van der Waals surface area contributed by atoms with Gasteiger partial charge in [0, 0.05) is 45.4 Å². The molecule has 1 fully saturated rings. The van der Waals surface area contributed by atoms with E-state index in [-0.39, 0.29) is 17.1 Å². The van der Waals surface area contributed by atoms with E-state index in [2.05, 4.69) is 25.2 Å². The van der Waals surface area contributed by atoms with Gasteiger partial charge in [0.25, 0.3) is 5.69 Å². The molecular formula is C17H28N6O4S. The predicted octanol–water partition coefficient (Wildman–Crippen LogP) is 0.524. The molecule has 0 unspecified atom stereocenters. The molecule has 0 aromatic heterocycles. The number of sulfonamides is 1. The number of guanidine groups is 1. The number of benzene rings is 1. The van der Waals surface area contributed by atoms with E-state index in [1.165, 1.54) is 37.5 Å². The Balaban J connectivity index is 1.72. The van der Waals surface area contributed by atoms with Crippen molar-refractivity contribution in [3.05, 3.63) is 34.4 Å². The van der Waals surface area contributed by atoms with Crippen molar-refractivity contribution in [2.24, 2.45) is 4.99 Å². The first kappa shape index (κ1) is 22.1. The quantitative estimate of drug-likeness (QED) is 0.177. The predicted molar refractivity (Wildman–Crippen MR) is 108 cm³/mol. The van der Waals surface area contributed by atoms with Crippen LogP contribution in [-0.2, 0) is 10.0 Å². The standard InChI is InChI=1S/C17H28N6O4S/c1-18-17(20-10-13-22-11-3-2-4-12-22)19-8-9-21-28(26,27)16-7-5-6-15(14-16)23(24)25/h5-7,14,21H,2-4,8-13H2,1H3,(H2,18,19,20). The number of piperidine rings is 1. The minimum absolute atomic E-state index is 0.123. The number of rotatable bonds is 9. The van der Waals surface area contributed by atoms with Crippen molar-refractivity contribution in [2.75, 3.05) is 46.3 Å². The summed E-state index contributed by atoms with van der Waals surface area (Å²) in [7, 11) is -2.16. The van der Waals surface area contributed by atoms with Crippen molar-refractivity contribution in [3.8, 4) is 0 Å². The zero-order valence-corrected chi connectivity index (χ0v) is 16.9. The fourth-order valence-electron chi connectivity index (χ4n) is 2.95. The molecule has 28 heavy (non-hydrogen) atoms. The Labute approximate surface area is 165 Å². The lowest BCUT2D eigenvalue weighted by Gasteiger charge is -2.26. The van der Waals surface area contributed by atoms with E-state index in [1.54, 1.807) is 7.05 Å². The number of nitrogens with one attached hydrogen (secondary N) is 3. The Bertz CT molecular complexity index is 778. The van der Waals surface area contributed by atoms with Crippen molar-refractivity contribution < 1.29 is 13.3 Å². The van der Waals surface area contributed by atoms with Crippen molar-refractivity contribution in [2.45, 2.75) is 24.2 Å². The van der Waals surface area contributed by atoms with Gasteiger partial charge < -0.3 is 15.5 Å². The number of non-ortho nitro benzene ring substituents is 1. The van der Waals surface area contributed by atoms with Gasteiger partial charge in [0.1, 0.15) is 0 Å². The normalized spacial score (nSPS) is 16.0. The molecule has 1 aromatic rings. The number of aliphatic imine (C=N–C) groups is 1. The molecule has 2 rings (SSSR count). The van der Waals surface area contributed by atoms with E-state index < -0.39 is 14.9 Å². The van der Waals surface area contributed by atoms with Gasteiger partial charge in [-0.15, -0.1) is 0 Å². The monoisotopic (exact) mass is 412 g/mol. The summed E-state index contributed by atoms with van der Waals surface area (Å²) in [5.74, 6) is 0.603. The van der Waals surface area contributed by atoms with Crippen LogP contribution in [0.5, 0.6) is 0 Å². The molecule has 3 N–H and O–H groups in total. The molecule has 0 atom stereocenters. The van der Waals surface area contributed by atoms with Gasteiger partial charge in [-0.3, -0.25) is 15.1 Å².